The van der Waals surface area contributed by atoms with Gasteiger partial charge >= 0.3 is 0 Å². The number of halogens is 2. The summed E-state index contributed by atoms with van der Waals surface area (Å²) < 4.78 is 13.4. The summed E-state index contributed by atoms with van der Waals surface area (Å²) in [6.45, 7) is 0. The third-order valence-electron chi connectivity index (χ3n) is 2.03. The maximum Gasteiger partial charge on any atom is 0.182 e. The summed E-state index contributed by atoms with van der Waals surface area (Å²) >= 11 is 5.55. The second-order valence-corrected chi connectivity index (χ2v) is 3.45. The molecule has 1 heterocycles. The van der Waals surface area contributed by atoms with E-state index in [9.17, 15) is 4.39 Å². The first-order valence-electron chi connectivity index (χ1n) is 4.46. The average Bonchev–Trinajstić information content (AvgIpc) is 2.26. The Morgan fingerprint density at radius 1 is 1.13 bits per heavy atom. The summed E-state index contributed by atoms with van der Waals surface area (Å²) in [4.78, 5) is 7.42. The maximum atomic E-state index is 13.4. The van der Waals surface area contributed by atoms with Crippen LogP contribution in [0.2, 0.25) is 5.15 Å². The highest BCUT2D eigenvalue weighted by Crippen LogP contribution is 2.15. The summed E-state index contributed by atoms with van der Waals surface area (Å²) in [5.74, 6) is -0.539. The minimum Gasteiger partial charge on any atom is -0.238 e. The fraction of sp³-hybridized carbons (Fsp3) is 0.0909. The standard InChI is InChI=1S/C11H8ClFN2/c12-11-10(13)9(14-7-15-11)6-8-4-2-1-3-5-8/h1-5,7H,6H2. The predicted molar refractivity (Wildman–Crippen MR) is 56.2 cm³/mol. The molecule has 0 radical (unpaired) electrons. The van der Waals surface area contributed by atoms with Crippen molar-refractivity contribution in [2.45, 2.75) is 6.42 Å². The molecule has 15 heavy (non-hydrogen) atoms. The van der Waals surface area contributed by atoms with Gasteiger partial charge in [0.2, 0.25) is 0 Å². The van der Waals surface area contributed by atoms with Gasteiger partial charge in [-0.3, -0.25) is 0 Å². The van der Waals surface area contributed by atoms with E-state index in [1.165, 1.54) is 6.33 Å². The fourth-order valence-electron chi connectivity index (χ4n) is 1.29. The van der Waals surface area contributed by atoms with Crippen molar-refractivity contribution in [2.75, 3.05) is 0 Å². The lowest BCUT2D eigenvalue weighted by atomic mass is 10.1. The van der Waals surface area contributed by atoms with Gasteiger partial charge in [-0.1, -0.05) is 41.9 Å². The Kier molecular flexibility index (Phi) is 2.92. The smallest absolute Gasteiger partial charge is 0.182 e. The molecule has 76 valence electrons. The zero-order chi connectivity index (χ0) is 10.7. The van der Waals surface area contributed by atoms with Crippen LogP contribution in [0.15, 0.2) is 36.7 Å². The van der Waals surface area contributed by atoms with Crippen molar-refractivity contribution in [3.63, 3.8) is 0 Å². The minimum atomic E-state index is -0.539. The summed E-state index contributed by atoms with van der Waals surface area (Å²) in [6.07, 6.45) is 1.69. The molecule has 0 amide bonds. The van der Waals surface area contributed by atoms with E-state index in [4.69, 9.17) is 11.6 Å². The van der Waals surface area contributed by atoms with Gasteiger partial charge in [0, 0.05) is 6.42 Å². The van der Waals surface area contributed by atoms with E-state index in [1.54, 1.807) is 0 Å². The first-order valence-corrected chi connectivity index (χ1v) is 4.84. The molecule has 1 aromatic carbocycles. The summed E-state index contributed by atoms with van der Waals surface area (Å²) in [7, 11) is 0. The van der Waals surface area contributed by atoms with Crippen molar-refractivity contribution < 1.29 is 4.39 Å². The molecule has 0 spiro atoms. The minimum absolute atomic E-state index is 0.129. The third kappa shape index (κ3) is 2.30. The number of aromatic nitrogens is 2. The Balaban J connectivity index is 2.29. The van der Waals surface area contributed by atoms with Gasteiger partial charge in [0.05, 0.1) is 5.69 Å². The number of nitrogens with zero attached hydrogens (tertiary/aromatic N) is 2. The lowest BCUT2D eigenvalue weighted by Crippen LogP contribution is -1.98. The molecule has 2 nitrogen and oxygen atoms in total. The Bertz CT molecular complexity index is 459. The van der Waals surface area contributed by atoms with E-state index in [0.29, 0.717) is 12.1 Å². The van der Waals surface area contributed by atoms with E-state index < -0.39 is 5.82 Å². The summed E-state index contributed by atoms with van der Waals surface area (Å²) in [5, 5.41) is -0.129. The lowest BCUT2D eigenvalue weighted by Gasteiger charge is -2.02. The Hall–Kier alpha value is -1.48. The van der Waals surface area contributed by atoms with Gasteiger partial charge < -0.3 is 0 Å². The van der Waals surface area contributed by atoms with Crippen LogP contribution < -0.4 is 0 Å². The lowest BCUT2D eigenvalue weighted by molar-refractivity contribution is 0.596. The van der Waals surface area contributed by atoms with Gasteiger partial charge in [0.25, 0.3) is 0 Å². The van der Waals surface area contributed by atoms with Gasteiger partial charge in [-0.15, -0.1) is 0 Å². The quantitative estimate of drug-likeness (QED) is 0.731. The maximum absolute atomic E-state index is 13.4. The predicted octanol–water partition coefficient (Wildman–Crippen LogP) is 2.86. The molecular weight excluding hydrogens is 215 g/mol. The van der Waals surface area contributed by atoms with Crippen molar-refractivity contribution in [1.29, 1.82) is 0 Å². The molecule has 1 aromatic heterocycles. The van der Waals surface area contributed by atoms with Crippen molar-refractivity contribution in [3.8, 4) is 0 Å². The number of benzene rings is 1. The molecule has 0 bridgehead atoms. The Morgan fingerprint density at radius 3 is 2.60 bits per heavy atom. The van der Waals surface area contributed by atoms with Crippen LogP contribution >= 0.6 is 11.6 Å². The van der Waals surface area contributed by atoms with Crippen LogP contribution in [-0.2, 0) is 6.42 Å². The molecule has 0 fully saturated rings. The molecule has 2 aromatic rings. The molecular formula is C11H8ClFN2. The number of hydrogen-bond donors (Lipinski definition) is 0. The van der Waals surface area contributed by atoms with Crippen LogP contribution in [0.3, 0.4) is 0 Å². The van der Waals surface area contributed by atoms with Gasteiger partial charge in [-0.05, 0) is 5.56 Å². The Morgan fingerprint density at radius 2 is 1.87 bits per heavy atom. The van der Waals surface area contributed by atoms with Gasteiger partial charge in [0.1, 0.15) is 6.33 Å². The molecule has 0 saturated heterocycles. The molecule has 0 saturated carbocycles. The molecule has 2 rings (SSSR count). The topological polar surface area (TPSA) is 25.8 Å². The first kappa shape index (κ1) is 10.1. The van der Waals surface area contributed by atoms with Crippen LogP contribution in [0.25, 0.3) is 0 Å². The molecule has 0 unspecified atom stereocenters. The van der Waals surface area contributed by atoms with E-state index in [1.807, 2.05) is 30.3 Å². The third-order valence-corrected chi connectivity index (χ3v) is 2.30. The van der Waals surface area contributed by atoms with Gasteiger partial charge in [0.15, 0.2) is 11.0 Å². The molecule has 0 N–H and O–H groups in total. The Labute approximate surface area is 91.8 Å². The highest BCUT2D eigenvalue weighted by Gasteiger charge is 2.09. The van der Waals surface area contributed by atoms with Crippen LogP contribution in [0.1, 0.15) is 11.3 Å². The van der Waals surface area contributed by atoms with E-state index in [0.717, 1.165) is 5.56 Å². The normalized spacial score (nSPS) is 10.3. The van der Waals surface area contributed by atoms with E-state index in [-0.39, 0.29) is 5.15 Å². The second-order valence-electron chi connectivity index (χ2n) is 3.09. The van der Waals surface area contributed by atoms with Gasteiger partial charge in [-0.25, -0.2) is 14.4 Å². The molecule has 0 atom stereocenters. The number of rotatable bonds is 2. The zero-order valence-electron chi connectivity index (χ0n) is 7.82. The summed E-state index contributed by atoms with van der Waals surface area (Å²) in [5.41, 5.74) is 1.31. The highest BCUT2D eigenvalue weighted by atomic mass is 35.5. The largest absolute Gasteiger partial charge is 0.238 e. The molecule has 0 aliphatic rings. The van der Waals surface area contributed by atoms with E-state index >= 15 is 0 Å². The average molecular weight is 223 g/mol. The van der Waals surface area contributed by atoms with Crippen molar-refractivity contribution in [2.24, 2.45) is 0 Å². The van der Waals surface area contributed by atoms with Crippen LogP contribution in [0.4, 0.5) is 4.39 Å². The molecule has 0 aliphatic heterocycles. The SMILES string of the molecule is Fc1c(Cl)ncnc1Cc1ccccc1. The van der Waals surface area contributed by atoms with Gasteiger partial charge in [-0.2, -0.15) is 0 Å². The number of hydrogen-bond acceptors (Lipinski definition) is 2. The van der Waals surface area contributed by atoms with Crippen LogP contribution in [0.5, 0.6) is 0 Å². The second kappa shape index (κ2) is 4.36. The molecule has 0 aliphatic carbocycles. The monoisotopic (exact) mass is 222 g/mol. The zero-order valence-corrected chi connectivity index (χ0v) is 8.58. The van der Waals surface area contributed by atoms with Crippen LogP contribution in [-0.4, -0.2) is 9.97 Å². The summed E-state index contributed by atoms with van der Waals surface area (Å²) in [6, 6.07) is 9.53. The van der Waals surface area contributed by atoms with Crippen molar-refractivity contribution in [3.05, 3.63) is 58.9 Å². The van der Waals surface area contributed by atoms with Crippen LogP contribution in [0, 0.1) is 5.82 Å². The van der Waals surface area contributed by atoms with Crippen molar-refractivity contribution >= 4 is 11.6 Å². The first-order chi connectivity index (χ1) is 7.27. The van der Waals surface area contributed by atoms with Crippen molar-refractivity contribution in [1.82, 2.24) is 9.97 Å². The van der Waals surface area contributed by atoms with E-state index in [2.05, 4.69) is 9.97 Å². The fourth-order valence-corrected chi connectivity index (χ4v) is 1.45. The molecule has 4 heteroatoms. The highest BCUT2D eigenvalue weighted by molar-refractivity contribution is 6.29.